The summed E-state index contributed by atoms with van der Waals surface area (Å²) in [5.41, 5.74) is 0.677. The fourth-order valence-electron chi connectivity index (χ4n) is 11.4. The molecule has 13 atom stereocenters. The van der Waals surface area contributed by atoms with Crippen LogP contribution in [0.15, 0.2) is 29.0 Å². The molecular weight excluding hydrogens is 1200 g/mol. The lowest BCUT2D eigenvalue weighted by Gasteiger charge is -2.41. The molecule has 0 radical (unpaired) electrons. The smallest absolute Gasteiger partial charge is 0.273 e. The molecule has 92 heavy (non-hydrogen) atoms. The molecule has 1 aromatic rings. The minimum Gasteiger partial charge on any atom is -0.390 e. The number of rotatable bonds is 18. The quantitative estimate of drug-likeness (QED) is 0.123. The number of allylic oxidation sites excluding steroid dienone is 2. The molecule has 0 aliphatic carbocycles. The van der Waals surface area contributed by atoms with Crippen LogP contribution in [0, 0.1) is 41.4 Å². The van der Waals surface area contributed by atoms with Crippen molar-refractivity contribution in [2.24, 2.45) is 41.4 Å². The number of hydrogen-bond donors (Lipinski definition) is 5. The molecule has 2 rings (SSSR count). The van der Waals surface area contributed by atoms with Crippen LogP contribution in [0.5, 0.6) is 0 Å². The number of amides is 11. The Labute approximate surface area is 553 Å². The topological polar surface area (TPSA) is 288 Å². The summed E-state index contributed by atoms with van der Waals surface area (Å²) in [5.74, 6) is -10.4. The number of ether oxygens (including phenoxy) is 1. The Hall–Kier alpha value is -6.47. The first-order valence-corrected chi connectivity index (χ1v) is 33.6. The number of hydrogen-bond acceptors (Lipinski definition) is 14. The van der Waals surface area contributed by atoms with Crippen LogP contribution < -0.4 is 21.3 Å². The van der Waals surface area contributed by atoms with Gasteiger partial charge in [-0.1, -0.05) is 109 Å². The Morgan fingerprint density at radius 1 is 0.500 bits per heavy atom. The Bertz CT molecular complexity index is 2670. The van der Waals surface area contributed by atoms with E-state index in [1.165, 1.54) is 94.1 Å². The third kappa shape index (κ3) is 22.4. The van der Waals surface area contributed by atoms with Gasteiger partial charge < -0.3 is 65.4 Å². The molecule has 2 heterocycles. The van der Waals surface area contributed by atoms with Crippen LogP contribution in [-0.4, -0.2) is 226 Å². The summed E-state index contributed by atoms with van der Waals surface area (Å²) < 4.78 is 6.32. The van der Waals surface area contributed by atoms with Gasteiger partial charge in [0.15, 0.2) is 0 Å². The van der Waals surface area contributed by atoms with E-state index in [1.54, 1.807) is 72.1 Å². The first kappa shape index (κ1) is 81.6. The first-order chi connectivity index (χ1) is 42.7. The standard InChI is InChI=1S/C67H115N11O13S/c1-25-27-28-43(15)55(79)54-59(83)70-47(26-2)61(85)78(24)67(91-35-46-29-30-92-36-46)66(90)73(19)49(32-38(5)6)58(82)71-52(41(11)12)64(88)72(18)48(31-37(3)4)57(81)68-44(16)56(80)69-45(17)60(84)74(20)50(33-39(7)8)62(86)75(21)51(34-40(9)10)63(87)76(22)53(42(13)14)65(89)77(54)23/h25,27,29-30,36-45,47-55,67,79H,26,28,31-35H2,1-24H3,(H,68,81)(H,69,80)(H,70,83)(H,71,82)/b27-25+/t43-,44+,45-,47+,48+,49+,50+,51+,52+,53+,54+,55-,67-/m1/s1. The van der Waals surface area contributed by atoms with Crippen LogP contribution in [0.1, 0.15) is 162 Å². The summed E-state index contributed by atoms with van der Waals surface area (Å²) in [7, 11) is 9.83. The lowest BCUT2D eigenvalue weighted by atomic mass is 9.91. The Kier molecular flexibility index (Phi) is 33.2. The highest BCUT2D eigenvalue weighted by Gasteiger charge is 2.46. The van der Waals surface area contributed by atoms with E-state index >= 15 is 28.8 Å². The summed E-state index contributed by atoms with van der Waals surface area (Å²) in [5, 5.41) is 27.0. The van der Waals surface area contributed by atoms with E-state index < -0.39 is 155 Å². The lowest BCUT2D eigenvalue weighted by Crippen LogP contribution is -2.64. The third-order valence-electron chi connectivity index (χ3n) is 17.2. The van der Waals surface area contributed by atoms with Gasteiger partial charge in [-0.25, -0.2) is 0 Å². The van der Waals surface area contributed by atoms with Crippen molar-refractivity contribution >= 4 is 76.3 Å². The Balaban J connectivity index is 3.10. The number of nitrogens with one attached hydrogen (secondary N) is 4. The average Bonchev–Trinajstić information content (AvgIpc) is 1.03. The number of likely N-dealkylation sites (N-methyl/N-ethyl adjacent to an activating group) is 7. The van der Waals surface area contributed by atoms with Gasteiger partial charge in [0.25, 0.3) is 5.91 Å². The summed E-state index contributed by atoms with van der Waals surface area (Å²) in [6.45, 7) is 29.6. The van der Waals surface area contributed by atoms with E-state index in [2.05, 4.69) is 21.3 Å². The van der Waals surface area contributed by atoms with Gasteiger partial charge in [0, 0.05) is 49.3 Å². The van der Waals surface area contributed by atoms with Gasteiger partial charge in [0.2, 0.25) is 65.3 Å². The van der Waals surface area contributed by atoms with Crippen LogP contribution in [0.3, 0.4) is 0 Å². The molecular formula is C67H115N11O13S. The molecule has 0 bridgehead atoms. The minimum atomic E-state index is -1.71. The fraction of sp³-hybridized carbons (Fsp3) is 0.746. The number of aliphatic hydroxyl groups is 1. The SMILES string of the molecule is C/C=C/C[C@@H](C)[C@@H](O)[C@H]1C(=O)N[C@@H](CC)C(=O)N(C)[C@H](OCc2ccsc2)C(=O)N(C)[C@@H](CC(C)C)C(=O)N[C@@H](C(C)C)C(=O)N(C)[C@@H](CC(C)C)C(=O)N[C@@H](C)C(=O)N[C@H](C)C(=O)N(C)[C@@H](CC(C)C)C(=O)N(C)[C@@H](CC(C)C)C(=O)N(C)[C@@H](C(C)C)C(=O)N1C. The van der Waals surface area contributed by atoms with Crippen molar-refractivity contribution in [2.45, 2.75) is 236 Å². The largest absolute Gasteiger partial charge is 0.390 e. The maximum atomic E-state index is 15.3. The van der Waals surface area contributed by atoms with Crippen LogP contribution >= 0.6 is 11.3 Å². The van der Waals surface area contributed by atoms with E-state index in [9.17, 15) is 29.1 Å². The number of thiophene rings is 1. The predicted octanol–water partition coefficient (Wildman–Crippen LogP) is 4.87. The molecule has 0 spiro atoms. The van der Waals surface area contributed by atoms with Crippen molar-refractivity contribution in [1.29, 1.82) is 0 Å². The second-order valence-electron chi connectivity index (χ2n) is 27.6. The second kappa shape index (κ2) is 37.4. The minimum absolute atomic E-state index is 0.0493. The molecule has 11 amide bonds. The molecule has 1 aliphatic heterocycles. The lowest BCUT2D eigenvalue weighted by molar-refractivity contribution is -0.169. The molecule has 1 saturated heterocycles. The third-order valence-corrected chi connectivity index (χ3v) is 17.9. The zero-order valence-electron chi connectivity index (χ0n) is 59.7. The fourth-order valence-corrected chi connectivity index (χ4v) is 12.1. The van der Waals surface area contributed by atoms with Gasteiger partial charge in [-0.05, 0) is 123 Å². The summed E-state index contributed by atoms with van der Waals surface area (Å²) in [6, 6.07) is -11.0. The van der Waals surface area contributed by atoms with Crippen molar-refractivity contribution in [1.82, 2.24) is 55.6 Å². The molecule has 0 aromatic carbocycles. The summed E-state index contributed by atoms with van der Waals surface area (Å²) in [6.07, 6.45) is 1.07. The molecule has 522 valence electrons. The van der Waals surface area contributed by atoms with Crippen molar-refractivity contribution in [2.75, 3.05) is 49.3 Å². The second-order valence-corrected chi connectivity index (χ2v) is 28.4. The highest BCUT2D eigenvalue weighted by atomic mass is 32.1. The molecule has 25 heteroatoms. The van der Waals surface area contributed by atoms with Gasteiger partial charge in [0.05, 0.1) is 12.7 Å². The van der Waals surface area contributed by atoms with Crippen molar-refractivity contribution < 1.29 is 62.6 Å². The van der Waals surface area contributed by atoms with Crippen LogP contribution in [0.25, 0.3) is 0 Å². The molecule has 24 nitrogen and oxygen atoms in total. The van der Waals surface area contributed by atoms with Crippen molar-refractivity contribution in [3.05, 3.63) is 34.5 Å². The van der Waals surface area contributed by atoms with E-state index in [4.69, 9.17) is 4.74 Å². The molecule has 0 saturated carbocycles. The monoisotopic (exact) mass is 1310 g/mol. The molecule has 5 N–H and O–H groups in total. The maximum absolute atomic E-state index is 15.3. The molecule has 1 aromatic heterocycles. The highest BCUT2D eigenvalue weighted by Crippen LogP contribution is 2.26. The van der Waals surface area contributed by atoms with E-state index in [-0.39, 0.29) is 68.8 Å². The zero-order chi connectivity index (χ0) is 70.7. The van der Waals surface area contributed by atoms with Gasteiger partial charge in [-0.15, -0.1) is 0 Å². The maximum Gasteiger partial charge on any atom is 0.273 e. The predicted molar refractivity (Wildman–Crippen MR) is 356 cm³/mol. The van der Waals surface area contributed by atoms with Crippen LogP contribution in [0.4, 0.5) is 0 Å². The van der Waals surface area contributed by atoms with E-state index in [1.807, 2.05) is 60.8 Å². The molecule has 1 fully saturated rings. The zero-order valence-corrected chi connectivity index (χ0v) is 60.5. The summed E-state index contributed by atoms with van der Waals surface area (Å²) in [4.78, 5) is 172. The van der Waals surface area contributed by atoms with Gasteiger partial charge in [0.1, 0.15) is 60.4 Å². The number of nitrogens with zero attached hydrogens (tertiary/aromatic N) is 7. The number of carbonyl (C=O) groups excluding carboxylic acids is 11. The summed E-state index contributed by atoms with van der Waals surface area (Å²) >= 11 is 1.38. The van der Waals surface area contributed by atoms with E-state index in [0.29, 0.717) is 5.56 Å². The van der Waals surface area contributed by atoms with Crippen molar-refractivity contribution in [3.8, 4) is 0 Å². The molecule has 0 unspecified atom stereocenters. The highest BCUT2D eigenvalue weighted by molar-refractivity contribution is 7.07. The number of aliphatic hydroxyl groups excluding tert-OH is 1. The number of carbonyl (C=O) groups is 11. The van der Waals surface area contributed by atoms with Gasteiger partial charge >= 0.3 is 0 Å². The molecule has 1 aliphatic rings. The normalized spacial score (nSPS) is 26.6. The van der Waals surface area contributed by atoms with E-state index in [0.717, 1.165) is 14.7 Å². The van der Waals surface area contributed by atoms with Crippen molar-refractivity contribution in [3.63, 3.8) is 0 Å². The van der Waals surface area contributed by atoms with Crippen LogP contribution in [-0.2, 0) is 64.1 Å². The van der Waals surface area contributed by atoms with Gasteiger partial charge in [-0.3, -0.25) is 52.7 Å². The van der Waals surface area contributed by atoms with Gasteiger partial charge in [-0.2, -0.15) is 11.3 Å². The Morgan fingerprint density at radius 2 is 0.946 bits per heavy atom. The van der Waals surface area contributed by atoms with Crippen LogP contribution in [0.2, 0.25) is 0 Å². The Morgan fingerprint density at radius 3 is 1.40 bits per heavy atom. The first-order valence-electron chi connectivity index (χ1n) is 32.7. The average molecular weight is 1310 g/mol.